The lowest BCUT2D eigenvalue weighted by Crippen LogP contribution is -1.97. The molecule has 0 saturated heterocycles. The van der Waals surface area contributed by atoms with Crippen LogP contribution in [-0.2, 0) is 0 Å². The summed E-state index contributed by atoms with van der Waals surface area (Å²) >= 11 is 5.92. The number of fused-ring (bicyclic) bond motifs is 1. The van der Waals surface area contributed by atoms with Crippen molar-refractivity contribution in [2.24, 2.45) is 0 Å². The molecule has 0 spiro atoms. The lowest BCUT2D eigenvalue weighted by Gasteiger charge is -2.10. The van der Waals surface area contributed by atoms with Crippen molar-refractivity contribution in [1.29, 1.82) is 0 Å². The van der Waals surface area contributed by atoms with Crippen LogP contribution >= 0.6 is 11.6 Å². The number of phenolic OH excluding ortho intramolecular Hbond substituents is 1. The molecule has 0 saturated carbocycles. The maximum atomic E-state index is 9.46. The van der Waals surface area contributed by atoms with Gasteiger partial charge in [-0.2, -0.15) is 0 Å². The van der Waals surface area contributed by atoms with Crippen molar-refractivity contribution in [3.05, 3.63) is 52.8 Å². The van der Waals surface area contributed by atoms with E-state index < -0.39 is 0 Å². The van der Waals surface area contributed by atoms with Crippen molar-refractivity contribution in [2.75, 3.05) is 5.32 Å². The number of nitrogens with zero attached hydrogens (tertiary/aromatic N) is 2. The van der Waals surface area contributed by atoms with Crippen LogP contribution in [-0.4, -0.2) is 15.1 Å². The normalized spacial score (nSPS) is 10.8. The van der Waals surface area contributed by atoms with Gasteiger partial charge < -0.3 is 10.4 Å². The Labute approximate surface area is 127 Å². The fraction of sp³-hybridized carbons (Fsp3) is 0.125. The lowest BCUT2D eigenvalue weighted by atomic mass is 10.1. The van der Waals surface area contributed by atoms with E-state index in [1.165, 1.54) is 17.5 Å². The molecule has 1 aromatic heterocycles. The van der Waals surface area contributed by atoms with E-state index in [9.17, 15) is 5.11 Å². The third kappa shape index (κ3) is 2.62. The first-order valence-electron chi connectivity index (χ1n) is 6.52. The molecule has 0 fully saturated rings. The summed E-state index contributed by atoms with van der Waals surface area (Å²) in [4.78, 5) is 8.60. The fourth-order valence-corrected chi connectivity index (χ4v) is 2.32. The molecule has 21 heavy (non-hydrogen) atoms. The van der Waals surface area contributed by atoms with Gasteiger partial charge in [-0.25, -0.2) is 9.97 Å². The van der Waals surface area contributed by atoms with Crippen LogP contribution in [0, 0.1) is 13.8 Å². The molecule has 0 bridgehead atoms. The molecule has 5 heteroatoms. The summed E-state index contributed by atoms with van der Waals surface area (Å²) in [6, 6.07) is 9.06. The quantitative estimate of drug-likeness (QED) is 0.691. The predicted octanol–water partition coefficient (Wildman–Crippen LogP) is 4.35. The van der Waals surface area contributed by atoms with Gasteiger partial charge >= 0.3 is 0 Å². The number of anilines is 2. The van der Waals surface area contributed by atoms with Crippen molar-refractivity contribution >= 4 is 34.0 Å². The Morgan fingerprint density at radius 3 is 2.57 bits per heavy atom. The smallest absolute Gasteiger partial charge is 0.141 e. The maximum Gasteiger partial charge on any atom is 0.141 e. The highest BCUT2D eigenvalue weighted by molar-refractivity contribution is 6.32. The molecule has 3 aromatic rings. The number of nitrogens with one attached hydrogen (secondary N) is 1. The topological polar surface area (TPSA) is 58.0 Å². The molecule has 106 valence electrons. The Balaban J connectivity index is 2.07. The molecule has 0 aliphatic rings. The maximum absolute atomic E-state index is 9.46. The van der Waals surface area contributed by atoms with E-state index in [1.807, 2.05) is 6.07 Å². The lowest BCUT2D eigenvalue weighted by molar-refractivity contribution is 0.475. The molecule has 2 N–H and O–H groups in total. The van der Waals surface area contributed by atoms with Gasteiger partial charge in [0.15, 0.2) is 0 Å². The number of phenols is 1. The van der Waals surface area contributed by atoms with Crippen LogP contribution in [0.3, 0.4) is 0 Å². The molecule has 1 heterocycles. The SMILES string of the molecule is Cc1cc2ncnc(Nc3ccc(O)c(Cl)c3)c2cc1C. The Kier molecular flexibility index (Phi) is 3.39. The average Bonchev–Trinajstić information content (AvgIpc) is 2.45. The molecule has 0 amide bonds. The molecule has 2 aromatic carbocycles. The summed E-state index contributed by atoms with van der Waals surface area (Å²) in [6.07, 6.45) is 1.53. The Morgan fingerprint density at radius 2 is 1.81 bits per heavy atom. The van der Waals surface area contributed by atoms with Crippen molar-refractivity contribution < 1.29 is 5.11 Å². The van der Waals surface area contributed by atoms with E-state index in [2.05, 4.69) is 35.2 Å². The van der Waals surface area contributed by atoms with E-state index in [0.717, 1.165) is 16.6 Å². The van der Waals surface area contributed by atoms with E-state index in [1.54, 1.807) is 18.2 Å². The fourth-order valence-electron chi connectivity index (χ4n) is 2.14. The number of rotatable bonds is 2. The van der Waals surface area contributed by atoms with Crippen molar-refractivity contribution in [3.8, 4) is 5.75 Å². The summed E-state index contributed by atoms with van der Waals surface area (Å²) in [5.41, 5.74) is 4.03. The molecule has 0 unspecified atom stereocenters. The molecule has 0 radical (unpaired) electrons. The first-order valence-corrected chi connectivity index (χ1v) is 6.90. The van der Waals surface area contributed by atoms with Crippen LogP contribution in [0.25, 0.3) is 10.9 Å². The number of aromatic nitrogens is 2. The largest absolute Gasteiger partial charge is 0.506 e. The zero-order valence-corrected chi connectivity index (χ0v) is 12.4. The Hall–Kier alpha value is -2.33. The van der Waals surface area contributed by atoms with Gasteiger partial charge in [-0.1, -0.05) is 11.6 Å². The van der Waals surface area contributed by atoms with Crippen LogP contribution < -0.4 is 5.32 Å². The van der Waals surface area contributed by atoms with Crippen LogP contribution in [0.2, 0.25) is 5.02 Å². The predicted molar refractivity (Wildman–Crippen MR) is 85.4 cm³/mol. The first kappa shape index (κ1) is 13.6. The molecular weight excluding hydrogens is 286 g/mol. The number of hydrogen-bond donors (Lipinski definition) is 2. The number of benzene rings is 2. The minimum Gasteiger partial charge on any atom is -0.506 e. The molecule has 4 nitrogen and oxygen atoms in total. The summed E-state index contributed by atoms with van der Waals surface area (Å²) in [7, 11) is 0. The average molecular weight is 300 g/mol. The summed E-state index contributed by atoms with van der Waals surface area (Å²) < 4.78 is 0. The van der Waals surface area contributed by atoms with Crippen LogP contribution in [0.1, 0.15) is 11.1 Å². The zero-order chi connectivity index (χ0) is 15.0. The number of aromatic hydroxyl groups is 1. The van der Waals surface area contributed by atoms with E-state index in [0.29, 0.717) is 10.8 Å². The molecule has 0 atom stereocenters. The second-order valence-electron chi connectivity index (χ2n) is 4.97. The van der Waals surface area contributed by atoms with Gasteiger partial charge in [0.1, 0.15) is 17.9 Å². The second kappa shape index (κ2) is 5.22. The zero-order valence-electron chi connectivity index (χ0n) is 11.7. The number of halogens is 1. The van der Waals surface area contributed by atoms with Gasteiger partial charge in [0.2, 0.25) is 0 Å². The van der Waals surface area contributed by atoms with Gasteiger partial charge in [0, 0.05) is 11.1 Å². The highest BCUT2D eigenvalue weighted by atomic mass is 35.5. The molecule has 0 aliphatic carbocycles. The number of aryl methyl sites for hydroxylation is 2. The van der Waals surface area contributed by atoms with E-state index >= 15 is 0 Å². The van der Waals surface area contributed by atoms with Crippen LogP contribution in [0.15, 0.2) is 36.7 Å². The van der Waals surface area contributed by atoms with Crippen LogP contribution in [0.4, 0.5) is 11.5 Å². The minimum atomic E-state index is 0.0567. The third-order valence-electron chi connectivity index (χ3n) is 3.46. The Morgan fingerprint density at radius 1 is 1.05 bits per heavy atom. The standard InChI is InChI=1S/C16H14ClN3O/c1-9-5-12-14(6-10(9)2)18-8-19-16(12)20-11-3-4-15(21)13(17)7-11/h3-8,21H,1-2H3,(H,18,19,20). The van der Waals surface area contributed by atoms with Crippen LogP contribution in [0.5, 0.6) is 5.75 Å². The first-order chi connectivity index (χ1) is 10.0. The van der Waals surface area contributed by atoms with Crippen molar-refractivity contribution in [1.82, 2.24) is 9.97 Å². The van der Waals surface area contributed by atoms with Gasteiger partial charge in [-0.15, -0.1) is 0 Å². The van der Waals surface area contributed by atoms with Crippen molar-refractivity contribution in [2.45, 2.75) is 13.8 Å². The highest BCUT2D eigenvalue weighted by Crippen LogP contribution is 2.30. The highest BCUT2D eigenvalue weighted by Gasteiger charge is 2.07. The number of hydrogen-bond acceptors (Lipinski definition) is 4. The molecule has 3 rings (SSSR count). The minimum absolute atomic E-state index is 0.0567. The van der Waals surface area contributed by atoms with Gasteiger partial charge in [-0.05, 0) is 55.3 Å². The molecule has 0 aliphatic heterocycles. The summed E-state index contributed by atoms with van der Waals surface area (Å²) in [5.74, 6) is 0.770. The van der Waals surface area contributed by atoms with Gasteiger partial charge in [-0.3, -0.25) is 0 Å². The summed E-state index contributed by atoms with van der Waals surface area (Å²) in [6.45, 7) is 4.12. The third-order valence-corrected chi connectivity index (χ3v) is 3.76. The molecular formula is C16H14ClN3O. The van der Waals surface area contributed by atoms with E-state index in [-0.39, 0.29) is 5.75 Å². The van der Waals surface area contributed by atoms with Gasteiger partial charge in [0.25, 0.3) is 0 Å². The summed E-state index contributed by atoms with van der Waals surface area (Å²) in [5, 5.41) is 13.9. The second-order valence-corrected chi connectivity index (χ2v) is 5.37. The van der Waals surface area contributed by atoms with Gasteiger partial charge in [0.05, 0.1) is 10.5 Å². The van der Waals surface area contributed by atoms with E-state index in [4.69, 9.17) is 11.6 Å². The van der Waals surface area contributed by atoms with Crippen molar-refractivity contribution in [3.63, 3.8) is 0 Å². The Bertz CT molecular complexity index is 833. The monoisotopic (exact) mass is 299 g/mol.